The summed E-state index contributed by atoms with van der Waals surface area (Å²) in [6.07, 6.45) is 4.18. The summed E-state index contributed by atoms with van der Waals surface area (Å²) in [7, 11) is 2.11. The first kappa shape index (κ1) is 23.7. The maximum absolute atomic E-state index is 6.58. The number of allylic oxidation sites excluding steroid dienone is 1. The molecule has 6 heteroatoms. The second kappa shape index (κ2) is 11.1. The van der Waals surface area contributed by atoms with Crippen molar-refractivity contribution in [1.29, 1.82) is 0 Å². The van der Waals surface area contributed by atoms with E-state index in [2.05, 4.69) is 66.6 Å². The molecule has 0 saturated heterocycles. The van der Waals surface area contributed by atoms with Gasteiger partial charge >= 0.3 is 0 Å². The molecule has 0 spiro atoms. The SMILES string of the molecule is CN1CCN=C(C=Cc2c(Cl)cccc2SCc2ccc(Cl)cc2)c2ccccc21.Cl. The van der Waals surface area contributed by atoms with Crippen molar-refractivity contribution in [3.63, 3.8) is 0 Å². The van der Waals surface area contributed by atoms with Gasteiger partial charge in [-0.2, -0.15) is 0 Å². The van der Waals surface area contributed by atoms with E-state index in [9.17, 15) is 0 Å². The van der Waals surface area contributed by atoms with Crippen molar-refractivity contribution >= 4 is 64.8 Å². The van der Waals surface area contributed by atoms with Crippen molar-refractivity contribution in [1.82, 2.24) is 0 Å². The molecule has 0 aromatic heterocycles. The van der Waals surface area contributed by atoms with Crippen molar-refractivity contribution in [2.45, 2.75) is 10.6 Å². The number of thioether (sulfide) groups is 1. The van der Waals surface area contributed by atoms with E-state index in [1.807, 2.05) is 24.3 Å². The lowest BCUT2D eigenvalue weighted by Gasteiger charge is -2.18. The van der Waals surface area contributed by atoms with Gasteiger partial charge in [-0.05, 0) is 42.0 Å². The molecular weight excluding hydrogens is 467 g/mol. The lowest BCUT2D eigenvalue weighted by Crippen LogP contribution is -2.20. The quantitative estimate of drug-likeness (QED) is 0.342. The van der Waals surface area contributed by atoms with E-state index >= 15 is 0 Å². The molecule has 160 valence electrons. The Hall–Kier alpha value is -1.91. The highest BCUT2D eigenvalue weighted by molar-refractivity contribution is 7.98. The van der Waals surface area contributed by atoms with E-state index in [4.69, 9.17) is 28.2 Å². The largest absolute Gasteiger partial charge is 0.372 e. The van der Waals surface area contributed by atoms with Gasteiger partial charge in [0.15, 0.2) is 0 Å². The fourth-order valence-electron chi connectivity index (χ4n) is 3.40. The summed E-state index contributed by atoms with van der Waals surface area (Å²) >= 11 is 14.3. The van der Waals surface area contributed by atoms with E-state index in [0.717, 1.165) is 50.6 Å². The third-order valence-electron chi connectivity index (χ3n) is 5.04. The summed E-state index contributed by atoms with van der Waals surface area (Å²) in [6, 6.07) is 22.4. The van der Waals surface area contributed by atoms with Gasteiger partial charge in [0.05, 0.1) is 12.3 Å². The summed E-state index contributed by atoms with van der Waals surface area (Å²) in [6.45, 7) is 1.67. The Morgan fingerprint density at radius 2 is 1.74 bits per heavy atom. The molecular formula is C25H23Cl3N2S. The molecule has 0 saturated carbocycles. The Bertz CT molecular complexity index is 1090. The number of anilines is 1. The number of nitrogens with zero attached hydrogens (tertiary/aromatic N) is 2. The van der Waals surface area contributed by atoms with Crippen LogP contribution in [0.5, 0.6) is 0 Å². The second-order valence-corrected chi connectivity index (χ2v) is 8.97. The Morgan fingerprint density at radius 3 is 2.55 bits per heavy atom. The van der Waals surface area contributed by atoms with Crippen LogP contribution in [0.2, 0.25) is 10.0 Å². The average molecular weight is 490 g/mol. The summed E-state index contributed by atoms with van der Waals surface area (Å²) < 4.78 is 0. The number of benzene rings is 3. The molecule has 0 bridgehead atoms. The third kappa shape index (κ3) is 5.87. The molecule has 0 radical (unpaired) electrons. The van der Waals surface area contributed by atoms with Crippen LogP contribution in [0.3, 0.4) is 0 Å². The van der Waals surface area contributed by atoms with Crippen LogP contribution < -0.4 is 4.90 Å². The maximum atomic E-state index is 6.58. The molecule has 31 heavy (non-hydrogen) atoms. The Balaban J connectivity index is 0.00000272. The predicted octanol–water partition coefficient (Wildman–Crippen LogP) is 7.66. The van der Waals surface area contributed by atoms with Gasteiger partial charge in [-0.3, -0.25) is 4.99 Å². The molecule has 1 aliphatic heterocycles. The number of para-hydroxylation sites is 1. The Labute approximate surface area is 204 Å². The Kier molecular flexibility index (Phi) is 8.50. The first-order chi connectivity index (χ1) is 14.6. The molecule has 0 unspecified atom stereocenters. The van der Waals surface area contributed by atoms with Crippen molar-refractivity contribution < 1.29 is 0 Å². The zero-order valence-corrected chi connectivity index (χ0v) is 20.2. The number of aliphatic imine (C=N–C) groups is 1. The van der Waals surface area contributed by atoms with Crippen molar-refractivity contribution in [3.05, 3.63) is 99.5 Å². The third-order valence-corrected chi connectivity index (χ3v) is 6.76. The van der Waals surface area contributed by atoms with Crippen molar-refractivity contribution in [2.75, 3.05) is 25.0 Å². The normalized spacial score (nSPS) is 13.4. The summed E-state index contributed by atoms with van der Waals surface area (Å²) in [5.41, 5.74) is 5.59. The maximum Gasteiger partial charge on any atom is 0.0668 e. The molecule has 2 nitrogen and oxygen atoms in total. The highest BCUT2D eigenvalue weighted by atomic mass is 35.5. The monoisotopic (exact) mass is 488 g/mol. The van der Waals surface area contributed by atoms with Gasteiger partial charge in [0.1, 0.15) is 0 Å². The average Bonchev–Trinajstić information content (AvgIpc) is 2.92. The smallest absolute Gasteiger partial charge is 0.0668 e. The van der Waals surface area contributed by atoms with E-state index in [1.54, 1.807) is 11.8 Å². The molecule has 0 amide bonds. The fraction of sp³-hybridized carbons (Fsp3) is 0.160. The van der Waals surface area contributed by atoms with Crippen LogP contribution in [0.15, 0.2) is 82.7 Å². The number of hydrogen-bond acceptors (Lipinski definition) is 3. The number of hydrogen-bond donors (Lipinski definition) is 0. The summed E-state index contributed by atoms with van der Waals surface area (Å²) in [4.78, 5) is 8.22. The highest BCUT2D eigenvalue weighted by Crippen LogP contribution is 2.32. The number of benzodiazepines with no additional fused rings is 1. The minimum Gasteiger partial charge on any atom is -0.372 e. The summed E-state index contributed by atoms with van der Waals surface area (Å²) in [5.74, 6) is 0.854. The predicted molar refractivity (Wildman–Crippen MR) is 140 cm³/mol. The molecule has 4 rings (SSSR count). The molecule has 3 aromatic carbocycles. The molecule has 0 fully saturated rings. The van der Waals surface area contributed by atoms with Crippen LogP contribution in [0.1, 0.15) is 16.7 Å². The van der Waals surface area contributed by atoms with Gasteiger partial charge < -0.3 is 4.90 Å². The summed E-state index contributed by atoms with van der Waals surface area (Å²) in [5, 5.41) is 1.50. The van der Waals surface area contributed by atoms with Crippen LogP contribution in [0.25, 0.3) is 6.08 Å². The zero-order valence-electron chi connectivity index (χ0n) is 17.1. The molecule has 0 atom stereocenters. The lowest BCUT2D eigenvalue weighted by molar-refractivity contribution is 0.897. The Morgan fingerprint density at radius 1 is 0.968 bits per heavy atom. The highest BCUT2D eigenvalue weighted by Gasteiger charge is 2.14. The topological polar surface area (TPSA) is 15.6 Å². The molecule has 0 aliphatic carbocycles. The van der Waals surface area contributed by atoms with Crippen molar-refractivity contribution in [2.24, 2.45) is 4.99 Å². The van der Waals surface area contributed by atoms with Crippen molar-refractivity contribution in [3.8, 4) is 0 Å². The number of halogens is 3. The van der Waals surface area contributed by atoms with Crippen LogP contribution in [-0.4, -0.2) is 25.8 Å². The van der Waals surface area contributed by atoms with Crippen LogP contribution >= 0.6 is 47.4 Å². The number of fused-ring (bicyclic) bond motifs is 1. The van der Waals surface area contributed by atoms with E-state index in [-0.39, 0.29) is 12.4 Å². The van der Waals surface area contributed by atoms with Crippen LogP contribution in [0.4, 0.5) is 5.69 Å². The molecule has 1 heterocycles. The van der Waals surface area contributed by atoms with Gasteiger partial charge in [0.25, 0.3) is 0 Å². The van der Waals surface area contributed by atoms with Gasteiger partial charge in [-0.25, -0.2) is 0 Å². The zero-order chi connectivity index (χ0) is 20.9. The van der Waals surface area contributed by atoms with E-state index in [1.165, 1.54) is 11.3 Å². The van der Waals surface area contributed by atoms with Gasteiger partial charge in [0, 0.05) is 51.1 Å². The molecule has 0 N–H and O–H groups in total. The lowest BCUT2D eigenvalue weighted by atomic mass is 10.1. The fourth-order valence-corrected chi connectivity index (χ4v) is 4.84. The van der Waals surface area contributed by atoms with Crippen LogP contribution in [-0.2, 0) is 5.75 Å². The minimum absolute atomic E-state index is 0. The first-order valence-electron chi connectivity index (χ1n) is 9.80. The minimum atomic E-state index is 0. The van der Waals surface area contributed by atoms with E-state index < -0.39 is 0 Å². The number of likely N-dealkylation sites (N-methyl/N-ethyl adjacent to an activating group) is 1. The number of rotatable bonds is 5. The van der Waals surface area contributed by atoms with E-state index in [0.29, 0.717) is 0 Å². The van der Waals surface area contributed by atoms with Gasteiger partial charge in [-0.1, -0.05) is 65.7 Å². The molecule has 3 aromatic rings. The van der Waals surface area contributed by atoms with Gasteiger partial charge in [-0.15, -0.1) is 24.2 Å². The standard InChI is InChI=1S/C25H22Cl2N2S.ClH/c1-29-16-15-28-23(21-5-2-3-7-24(21)29)14-13-20-22(27)6-4-8-25(20)30-17-18-9-11-19(26)12-10-18;/h2-14H,15-17H2,1H3;1H. The molecule has 1 aliphatic rings. The first-order valence-corrected chi connectivity index (χ1v) is 11.5. The van der Waals surface area contributed by atoms with Gasteiger partial charge in [0.2, 0.25) is 0 Å². The second-order valence-electron chi connectivity index (χ2n) is 7.11. The van der Waals surface area contributed by atoms with Crippen LogP contribution in [0, 0.1) is 0 Å².